The van der Waals surface area contributed by atoms with Crippen LogP contribution in [0.4, 0.5) is 4.39 Å². The van der Waals surface area contributed by atoms with Crippen molar-refractivity contribution in [3.8, 4) is 11.8 Å². The summed E-state index contributed by atoms with van der Waals surface area (Å²) in [4.78, 5) is 7.88. The van der Waals surface area contributed by atoms with Crippen molar-refractivity contribution in [2.24, 2.45) is 0 Å². The second-order valence-corrected chi connectivity index (χ2v) is 8.55. The molecule has 2 heterocycles. The molecule has 1 atom stereocenters. The van der Waals surface area contributed by atoms with E-state index in [0.29, 0.717) is 19.4 Å². The van der Waals surface area contributed by atoms with Gasteiger partial charge in [-0.25, -0.2) is 22.8 Å². The summed E-state index contributed by atoms with van der Waals surface area (Å²) in [5.41, 5.74) is 0. The zero-order valence-corrected chi connectivity index (χ0v) is 16.3. The molecule has 0 spiro atoms. The summed E-state index contributed by atoms with van der Waals surface area (Å²) in [5, 5.41) is 0. The molecular weight excluding hydrogens is 429 g/mol. The third kappa shape index (κ3) is 4.13. The lowest BCUT2D eigenvalue weighted by Crippen LogP contribution is -2.44. The highest BCUT2D eigenvalue weighted by Gasteiger charge is 2.33. The maximum Gasteiger partial charge on any atom is 0.316 e. The highest BCUT2D eigenvalue weighted by molar-refractivity contribution is 9.10. The topological polar surface area (TPSA) is 81.6 Å². The number of ether oxygens (including phenoxy) is 2. The van der Waals surface area contributed by atoms with Crippen LogP contribution in [0.3, 0.4) is 0 Å². The van der Waals surface area contributed by atoms with Crippen molar-refractivity contribution in [3.05, 3.63) is 40.9 Å². The van der Waals surface area contributed by atoms with Crippen LogP contribution in [0, 0.1) is 5.82 Å². The van der Waals surface area contributed by atoms with Crippen LogP contribution in [-0.2, 0) is 10.0 Å². The van der Waals surface area contributed by atoms with E-state index in [4.69, 9.17) is 9.47 Å². The molecule has 1 aromatic carbocycles. The molecule has 0 N–H and O–H groups in total. The minimum Gasteiger partial charge on any atom is -0.495 e. The van der Waals surface area contributed by atoms with Gasteiger partial charge in [0, 0.05) is 18.9 Å². The van der Waals surface area contributed by atoms with Gasteiger partial charge in [0.05, 0.1) is 18.1 Å². The van der Waals surface area contributed by atoms with Gasteiger partial charge in [-0.2, -0.15) is 4.31 Å². The number of methoxy groups -OCH3 is 1. The van der Waals surface area contributed by atoms with Crippen molar-refractivity contribution in [2.45, 2.75) is 23.8 Å². The fourth-order valence-corrected chi connectivity index (χ4v) is 4.60. The molecule has 1 fully saturated rings. The van der Waals surface area contributed by atoms with Crippen molar-refractivity contribution in [2.75, 3.05) is 20.2 Å². The van der Waals surface area contributed by atoms with Crippen LogP contribution in [0.15, 0.2) is 40.0 Å². The number of hydrogen-bond donors (Lipinski definition) is 0. The Labute approximate surface area is 159 Å². The van der Waals surface area contributed by atoms with E-state index in [1.54, 1.807) is 12.4 Å². The molecule has 1 aromatic heterocycles. The quantitative estimate of drug-likeness (QED) is 0.703. The van der Waals surface area contributed by atoms with Crippen LogP contribution >= 0.6 is 15.9 Å². The lowest BCUT2D eigenvalue weighted by Gasteiger charge is -2.31. The number of rotatable bonds is 5. The first-order chi connectivity index (χ1) is 12.4. The van der Waals surface area contributed by atoms with E-state index in [9.17, 15) is 12.8 Å². The molecule has 0 aliphatic carbocycles. The molecule has 26 heavy (non-hydrogen) atoms. The zero-order chi connectivity index (χ0) is 18.7. The van der Waals surface area contributed by atoms with Crippen molar-refractivity contribution < 1.29 is 22.3 Å². The third-order valence-electron chi connectivity index (χ3n) is 3.95. The molecule has 1 saturated heterocycles. The fraction of sp³-hybridized carbons (Fsp3) is 0.375. The van der Waals surface area contributed by atoms with Crippen molar-refractivity contribution >= 4 is 26.0 Å². The summed E-state index contributed by atoms with van der Waals surface area (Å²) < 4.78 is 52.3. The highest BCUT2D eigenvalue weighted by Crippen LogP contribution is 2.29. The van der Waals surface area contributed by atoms with E-state index in [-0.39, 0.29) is 29.3 Å². The van der Waals surface area contributed by atoms with E-state index in [2.05, 4.69) is 25.9 Å². The molecule has 10 heteroatoms. The predicted molar refractivity (Wildman–Crippen MR) is 95.1 cm³/mol. The van der Waals surface area contributed by atoms with Gasteiger partial charge in [0.25, 0.3) is 0 Å². The Morgan fingerprint density at radius 3 is 2.73 bits per heavy atom. The monoisotopic (exact) mass is 445 g/mol. The largest absolute Gasteiger partial charge is 0.495 e. The Hall–Kier alpha value is -1.78. The minimum absolute atomic E-state index is 0.102. The van der Waals surface area contributed by atoms with Crippen molar-refractivity contribution in [1.82, 2.24) is 14.3 Å². The summed E-state index contributed by atoms with van der Waals surface area (Å²) in [6, 6.07) is 3.61. The Balaban J connectivity index is 1.80. The van der Waals surface area contributed by atoms with E-state index >= 15 is 0 Å². The van der Waals surface area contributed by atoms with Gasteiger partial charge in [-0.15, -0.1) is 0 Å². The second kappa shape index (κ2) is 7.85. The number of sulfonamides is 1. The number of halogens is 2. The number of aromatic nitrogens is 2. The van der Waals surface area contributed by atoms with E-state index in [1.807, 2.05) is 0 Å². The van der Waals surface area contributed by atoms with Gasteiger partial charge in [-0.1, -0.05) is 0 Å². The van der Waals surface area contributed by atoms with Gasteiger partial charge in [-0.05, 0) is 47.0 Å². The molecule has 7 nitrogen and oxygen atoms in total. The van der Waals surface area contributed by atoms with Crippen LogP contribution in [0.25, 0.3) is 0 Å². The van der Waals surface area contributed by atoms with E-state index in [1.165, 1.54) is 17.5 Å². The van der Waals surface area contributed by atoms with Crippen LogP contribution < -0.4 is 9.47 Å². The lowest BCUT2D eigenvalue weighted by atomic mass is 10.1. The summed E-state index contributed by atoms with van der Waals surface area (Å²) in [7, 11) is -2.57. The van der Waals surface area contributed by atoms with Crippen LogP contribution in [0.1, 0.15) is 12.8 Å². The fourth-order valence-electron chi connectivity index (χ4n) is 2.72. The average Bonchev–Trinajstić information content (AvgIpc) is 2.64. The second-order valence-electron chi connectivity index (χ2n) is 5.72. The average molecular weight is 446 g/mol. The molecule has 140 valence electrons. The first kappa shape index (κ1) is 19.0. The molecule has 0 radical (unpaired) electrons. The number of piperidine rings is 1. The Morgan fingerprint density at radius 1 is 1.31 bits per heavy atom. The zero-order valence-electron chi connectivity index (χ0n) is 13.9. The molecular formula is C16H17BrFN3O4S. The van der Waals surface area contributed by atoms with Gasteiger partial charge in [0.15, 0.2) is 0 Å². The maximum absolute atomic E-state index is 13.6. The first-order valence-corrected chi connectivity index (χ1v) is 10.1. The smallest absolute Gasteiger partial charge is 0.316 e. The molecule has 1 aliphatic heterocycles. The summed E-state index contributed by atoms with van der Waals surface area (Å²) in [5.74, 6) is -0.539. The van der Waals surface area contributed by atoms with Crippen LogP contribution in [0.2, 0.25) is 0 Å². The van der Waals surface area contributed by atoms with Crippen LogP contribution in [0.5, 0.6) is 11.8 Å². The minimum atomic E-state index is -3.92. The summed E-state index contributed by atoms with van der Waals surface area (Å²) in [6.45, 7) is 0.449. The molecule has 3 rings (SSSR count). The number of nitrogens with zero attached hydrogens (tertiary/aromatic N) is 3. The summed E-state index contributed by atoms with van der Waals surface area (Å²) in [6.07, 6.45) is 4.00. The van der Waals surface area contributed by atoms with Gasteiger partial charge in [0.1, 0.15) is 22.6 Å². The molecule has 2 aromatic rings. The highest BCUT2D eigenvalue weighted by atomic mass is 79.9. The lowest BCUT2D eigenvalue weighted by molar-refractivity contribution is 0.119. The molecule has 1 unspecified atom stereocenters. The third-order valence-corrected chi connectivity index (χ3v) is 6.25. The van der Waals surface area contributed by atoms with E-state index < -0.39 is 15.8 Å². The van der Waals surface area contributed by atoms with Gasteiger partial charge in [-0.3, -0.25) is 0 Å². The molecule has 0 bridgehead atoms. The maximum atomic E-state index is 13.6. The Morgan fingerprint density at radius 2 is 2.04 bits per heavy atom. The normalized spacial score (nSPS) is 18.5. The Kier molecular flexibility index (Phi) is 5.73. The first-order valence-electron chi connectivity index (χ1n) is 7.88. The van der Waals surface area contributed by atoms with Gasteiger partial charge in [0.2, 0.25) is 10.0 Å². The number of hydrogen-bond acceptors (Lipinski definition) is 6. The Bertz CT molecular complexity index is 880. The SMILES string of the molecule is COc1ccc(F)cc1S(=O)(=O)N1CCCC(Oc2ncc(Br)cn2)C1. The predicted octanol–water partition coefficient (Wildman–Crippen LogP) is 2.62. The van der Waals surface area contributed by atoms with Crippen molar-refractivity contribution in [3.63, 3.8) is 0 Å². The van der Waals surface area contributed by atoms with Crippen LogP contribution in [-0.4, -0.2) is 49.0 Å². The number of benzene rings is 1. The van der Waals surface area contributed by atoms with E-state index in [0.717, 1.165) is 16.6 Å². The molecule has 0 saturated carbocycles. The van der Waals surface area contributed by atoms with Gasteiger partial charge < -0.3 is 9.47 Å². The standard InChI is InChI=1S/C16H17BrFN3O4S/c1-24-14-5-4-12(18)7-15(14)26(22,23)21-6-2-3-13(10-21)25-16-19-8-11(17)9-20-16/h4-5,7-9,13H,2-3,6,10H2,1H3. The molecule has 0 amide bonds. The summed E-state index contributed by atoms with van der Waals surface area (Å²) >= 11 is 3.24. The molecule has 1 aliphatic rings. The van der Waals surface area contributed by atoms with Crippen molar-refractivity contribution in [1.29, 1.82) is 0 Å². The van der Waals surface area contributed by atoms with Gasteiger partial charge >= 0.3 is 6.01 Å².